The molecule has 0 aliphatic rings. The second-order valence-corrected chi connectivity index (χ2v) is 21.0. The Hall–Kier alpha value is -3.10. The normalized spacial score (nSPS) is 14.9. The van der Waals surface area contributed by atoms with Crippen LogP contribution in [0.1, 0.15) is 206 Å². The van der Waals surface area contributed by atoms with Crippen molar-refractivity contribution >= 4 is 13.7 Å². The summed E-state index contributed by atoms with van der Waals surface area (Å²) in [5, 5.41) is 13.9. The number of likely N-dealkylation sites (N-methyl/N-ethyl adjacent to an activating group) is 1. The average molecular weight is 995 g/mol. The average Bonchev–Trinajstić information content (AvgIpc) is 3.32. The van der Waals surface area contributed by atoms with Gasteiger partial charge in [0.05, 0.1) is 39.9 Å². The van der Waals surface area contributed by atoms with E-state index in [9.17, 15) is 19.4 Å². The number of rotatable bonds is 49. The Bertz CT molecular complexity index is 1550. The lowest BCUT2D eigenvalue weighted by molar-refractivity contribution is -0.870. The molecule has 9 heteroatoms. The summed E-state index contributed by atoms with van der Waals surface area (Å²) in [6.07, 6.45) is 75.7. The largest absolute Gasteiger partial charge is 0.472 e. The molecule has 0 spiro atoms. The zero-order valence-electron chi connectivity index (χ0n) is 45.5. The van der Waals surface area contributed by atoms with Crippen LogP contribution in [0.2, 0.25) is 0 Å². The number of hydrogen-bond acceptors (Lipinski definition) is 5. The lowest BCUT2D eigenvalue weighted by atomic mass is 10.0. The number of aliphatic hydroxyl groups is 1. The SMILES string of the molecule is CC/C=C\C/C=C\C/C=C\C/C=C\C/C=C\C/C=C\C/C=C\C/C=C\C/C=C\CCCCCC(=O)NC(COP(=O)(O)OCC[N+](C)(C)C)C(O)/C=C/CCCCCCCCCCCCCCCCC. The van der Waals surface area contributed by atoms with E-state index < -0.39 is 20.0 Å². The van der Waals surface area contributed by atoms with Gasteiger partial charge in [0.1, 0.15) is 13.2 Å². The van der Waals surface area contributed by atoms with Crippen LogP contribution in [0.5, 0.6) is 0 Å². The second kappa shape index (κ2) is 50.8. The summed E-state index contributed by atoms with van der Waals surface area (Å²) >= 11 is 0. The van der Waals surface area contributed by atoms with E-state index in [1.807, 2.05) is 27.2 Å². The first kappa shape index (κ1) is 66.9. The van der Waals surface area contributed by atoms with Crippen LogP contribution >= 0.6 is 7.82 Å². The van der Waals surface area contributed by atoms with Crippen LogP contribution in [0, 0.1) is 0 Å². The highest BCUT2D eigenvalue weighted by Crippen LogP contribution is 2.43. The van der Waals surface area contributed by atoms with Crippen molar-refractivity contribution in [2.24, 2.45) is 0 Å². The molecule has 3 unspecified atom stereocenters. The summed E-state index contributed by atoms with van der Waals surface area (Å²) in [6, 6.07) is -0.874. The van der Waals surface area contributed by atoms with Crippen LogP contribution in [0.4, 0.5) is 0 Å². The van der Waals surface area contributed by atoms with E-state index in [1.54, 1.807) is 6.08 Å². The number of allylic oxidation sites excluding steroid dienone is 19. The standard InChI is InChI=1S/C61H105N2O6P/c1-6-8-10-12-14-16-18-20-22-24-25-26-27-28-29-30-31-32-33-34-35-36-37-39-41-43-45-47-49-51-53-55-61(65)62-59(58-69-70(66,67)68-57-56-63(3,4)5)60(64)54-52-50-48-46-44-42-40-38-23-21-19-17-15-13-11-9-7-2/h8,10,14,16,20,22,25-26,28-29,31-32,34-35,37,39,43,45,52,54,59-60,64H,6-7,9,11-13,15,17-19,21,23-24,27,30,33,36,38,40-42,44,46-51,53,55-58H2,1-5H3,(H-,62,65,66,67)/p+1/b10-8-,16-14-,22-20-,26-25-,29-28-,32-31-,35-34-,39-37-,45-43-,54-52+. The Balaban J connectivity index is 4.35. The number of aliphatic hydroxyl groups excluding tert-OH is 1. The lowest BCUT2D eigenvalue weighted by Crippen LogP contribution is -2.45. The van der Waals surface area contributed by atoms with Crippen LogP contribution in [-0.4, -0.2) is 73.4 Å². The molecular weight excluding hydrogens is 888 g/mol. The maximum Gasteiger partial charge on any atom is 0.472 e. The highest BCUT2D eigenvalue weighted by Gasteiger charge is 2.27. The first-order valence-electron chi connectivity index (χ1n) is 27.9. The van der Waals surface area contributed by atoms with Crippen molar-refractivity contribution in [1.82, 2.24) is 5.32 Å². The van der Waals surface area contributed by atoms with Gasteiger partial charge in [-0.2, -0.15) is 0 Å². The maximum atomic E-state index is 13.0. The Morgan fingerprint density at radius 3 is 1.26 bits per heavy atom. The topological polar surface area (TPSA) is 105 Å². The number of quaternary nitrogens is 1. The number of nitrogens with one attached hydrogen (secondary N) is 1. The molecule has 400 valence electrons. The third-order valence-electron chi connectivity index (χ3n) is 11.7. The van der Waals surface area contributed by atoms with Gasteiger partial charge in [0.2, 0.25) is 5.91 Å². The van der Waals surface area contributed by atoms with Gasteiger partial charge in [-0.3, -0.25) is 13.8 Å². The van der Waals surface area contributed by atoms with E-state index in [-0.39, 0.29) is 19.1 Å². The number of hydrogen-bond donors (Lipinski definition) is 3. The Kier molecular flexibility index (Phi) is 48.6. The fourth-order valence-corrected chi connectivity index (χ4v) is 8.06. The molecule has 3 N–H and O–H groups in total. The van der Waals surface area contributed by atoms with Gasteiger partial charge in [0.25, 0.3) is 0 Å². The molecule has 0 aliphatic carbocycles. The Labute approximate surface area is 431 Å². The van der Waals surface area contributed by atoms with Crippen LogP contribution < -0.4 is 5.32 Å². The third-order valence-corrected chi connectivity index (χ3v) is 12.7. The molecule has 0 aromatic rings. The molecule has 0 radical (unpaired) electrons. The van der Waals surface area contributed by atoms with Gasteiger partial charge in [-0.15, -0.1) is 0 Å². The van der Waals surface area contributed by atoms with Crippen LogP contribution in [0.25, 0.3) is 0 Å². The summed E-state index contributed by atoms with van der Waals surface area (Å²) in [7, 11) is 1.53. The van der Waals surface area contributed by atoms with Crippen molar-refractivity contribution in [2.45, 2.75) is 219 Å². The van der Waals surface area contributed by atoms with Crippen molar-refractivity contribution in [1.29, 1.82) is 0 Å². The molecule has 1 amide bonds. The number of phosphoric ester groups is 1. The first-order chi connectivity index (χ1) is 34.0. The molecule has 70 heavy (non-hydrogen) atoms. The Morgan fingerprint density at radius 1 is 0.500 bits per heavy atom. The fourth-order valence-electron chi connectivity index (χ4n) is 7.33. The van der Waals surface area contributed by atoms with Crippen molar-refractivity contribution in [3.8, 4) is 0 Å². The van der Waals surface area contributed by atoms with Crippen molar-refractivity contribution < 1.29 is 32.9 Å². The molecule has 0 saturated heterocycles. The predicted octanol–water partition coefficient (Wildman–Crippen LogP) is 17.0. The van der Waals surface area contributed by atoms with E-state index >= 15 is 0 Å². The van der Waals surface area contributed by atoms with Crippen LogP contribution in [0.3, 0.4) is 0 Å². The minimum atomic E-state index is -4.36. The van der Waals surface area contributed by atoms with Crippen molar-refractivity contribution in [2.75, 3.05) is 40.9 Å². The summed E-state index contributed by atoms with van der Waals surface area (Å²) < 4.78 is 23.7. The number of unbranched alkanes of at least 4 members (excludes halogenated alkanes) is 18. The van der Waals surface area contributed by atoms with Crippen LogP contribution in [0.15, 0.2) is 122 Å². The van der Waals surface area contributed by atoms with E-state index in [0.717, 1.165) is 103 Å². The number of phosphoric acid groups is 1. The van der Waals surface area contributed by atoms with Gasteiger partial charge in [-0.1, -0.05) is 232 Å². The van der Waals surface area contributed by atoms with Gasteiger partial charge in [0, 0.05) is 6.42 Å². The number of carbonyl (C=O) groups excluding carboxylic acids is 1. The molecule has 8 nitrogen and oxygen atoms in total. The quantitative estimate of drug-likeness (QED) is 0.0243. The van der Waals surface area contributed by atoms with Crippen molar-refractivity contribution in [3.63, 3.8) is 0 Å². The van der Waals surface area contributed by atoms with E-state index in [1.165, 1.54) is 83.5 Å². The van der Waals surface area contributed by atoms with E-state index in [0.29, 0.717) is 17.4 Å². The molecule has 0 aromatic carbocycles. The van der Waals surface area contributed by atoms with E-state index in [2.05, 4.69) is 129 Å². The van der Waals surface area contributed by atoms with Gasteiger partial charge < -0.3 is 19.8 Å². The number of carbonyl (C=O) groups is 1. The highest BCUT2D eigenvalue weighted by molar-refractivity contribution is 7.47. The van der Waals surface area contributed by atoms with Gasteiger partial charge in [0.15, 0.2) is 0 Å². The van der Waals surface area contributed by atoms with Crippen molar-refractivity contribution in [3.05, 3.63) is 122 Å². The number of amides is 1. The zero-order valence-corrected chi connectivity index (χ0v) is 46.4. The molecule has 0 bridgehead atoms. The molecular formula is C61H106N2O6P+. The molecule has 0 heterocycles. The molecule has 0 aliphatic heterocycles. The molecule has 0 aromatic heterocycles. The number of nitrogens with zero attached hydrogens (tertiary/aromatic N) is 1. The highest BCUT2D eigenvalue weighted by atomic mass is 31.2. The van der Waals surface area contributed by atoms with Gasteiger partial charge in [-0.25, -0.2) is 4.57 Å². The molecule has 0 fully saturated rings. The molecule has 0 rings (SSSR count). The Morgan fingerprint density at radius 2 is 0.857 bits per heavy atom. The smallest absolute Gasteiger partial charge is 0.387 e. The van der Waals surface area contributed by atoms with Gasteiger partial charge >= 0.3 is 7.82 Å². The zero-order chi connectivity index (χ0) is 51.3. The van der Waals surface area contributed by atoms with Crippen LogP contribution in [-0.2, 0) is 18.4 Å². The summed E-state index contributed by atoms with van der Waals surface area (Å²) in [5.41, 5.74) is 0. The molecule has 0 saturated carbocycles. The third kappa shape index (κ3) is 52.7. The minimum absolute atomic E-state index is 0.0480. The lowest BCUT2D eigenvalue weighted by Gasteiger charge is -2.25. The van der Waals surface area contributed by atoms with Gasteiger partial charge in [-0.05, 0) is 89.9 Å². The predicted molar refractivity (Wildman–Crippen MR) is 304 cm³/mol. The second-order valence-electron chi connectivity index (χ2n) is 19.6. The first-order valence-corrected chi connectivity index (χ1v) is 29.4. The van der Waals surface area contributed by atoms with E-state index in [4.69, 9.17) is 9.05 Å². The summed E-state index contributed by atoms with van der Waals surface area (Å²) in [5.74, 6) is -0.214. The summed E-state index contributed by atoms with van der Waals surface area (Å²) in [4.78, 5) is 23.3. The minimum Gasteiger partial charge on any atom is -0.387 e. The summed E-state index contributed by atoms with van der Waals surface area (Å²) in [6.45, 7) is 4.66. The monoisotopic (exact) mass is 994 g/mol. The fraction of sp³-hybridized carbons (Fsp3) is 0.656. The maximum absolute atomic E-state index is 13.0. The molecule has 3 atom stereocenters.